The van der Waals surface area contributed by atoms with Crippen molar-refractivity contribution in [3.05, 3.63) is 24.3 Å². The van der Waals surface area contributed by atoms with Crippen molar-refractivity contribution >= 4 is 5.91 Å². The van der Waals surface area contributed by atoms with Gasteiger partial charge in [0.05, 0.1) is 6.61 Å². The van der Waals surface area contributed by atoms with E-state index >= 15 is 0 Å². The largest absolute Gasteiger partial charge is 0.395 e. The molecule has 0 aliphatic rings. The summed E-state index contributed by atoms with van der Waals surface area (Å²) in [5, 5.41) is 12.1. The second-order valence-electron chi connectivity index (χ2n) is 6.11. The van der Waals surface area contributed by atoms with Gasteiger partial charge in [0.1, 0.15) is 0 Å². The summed E-state index contributed by atoms with van der Waals surface area (Å²) >= 11 is 0. The first-order valence-electron chi connectivity index (χ1n) is 9.64. The van der Waals surface area contributed by atoms with E-state index in [1.165, 1.54) is 19.3 Å². The summed E-state index contributed by atoms with van der Waals surface area (Å²) in [5.41, 5.74) is 0. The molecule has 4 nitrogen and oxygen atoms in total. The molecule has 0 fully saturated rings. The number of allylic oxidation sites excluding steroid dienone is 3. The van der Waals surface area contributed by atoms with Gasteiger partial charge in [-0.25, -0.2) is 0 Å². The lowest BCUT2D eigenvalue weighted by atomic mass is 10.2. The summed E-state index contributed by atoms with van der Waals surface area (Å²) in [7, 11) is 0. The third-order valence-corrected chi connectivity index (χ3v) is 3.85. The number of rotatable bonds is 16. The van der Waals surface area contributed by atoms with Crippen molar-refractivity contribution in [1.29, 1.82) is 0 Å². The molecule has 0 aliphatic carbocycles. The summed E-state index contributed by atoms with van der Waals surface area (Å²) in [6.07, 6.45) is 17.1. The predicted molar refractivity (Wildman–Crippen MR) is 103 cm³/mol. The van der Waals surface area contributed by atoms with Gasteiger partial charge in [-0.15, -0.1) is 0 Å². The molecule has 0 spiro atoms. The third-order valence-electron chi connectivity index (χ3n) is 3.85. The van der Waals surface area contributed by atoms with Gasteiger partial charge in [0.2, 0.25) is 5.91 Å². The lowest BCUT2D eigenvalue weighted by Gasteiger charge is -2.19. The molecule has 140 valence electrons. The van der Waals surface area contributed by atoms with Gasteiger partial charge in [-0.1, -0.05) is 51.0 Å². The quantitative estimate of drug-likeness (QED) is 0.333. The first kappa shape index (κ1) is 22.9. The van der Waals surface area contributed by atoms with Gasteiger partial charge in [-0.3, -0.25) is 9.69 Å². The number of amides is 1. The van der Waals surface area contributed by atoms with Crippen molar-refractivity contribution in [2.75, 3.05) is 32.8 Å². The molecule has 4 heteroatoms. The van der Waals surface area contributed by atoms with Crippen molar-refractivity contribution in [3.63, 3.8) is 0 Å². The monoisotopic (exact) mass is 338 g/mol. The van der Waals surface area contributed by atoms with Crippen LogP contribution in [0.2, 0.25) is 0 Å². The first-order valence-corrected chi connectivity index (χ1v) is 9.64. The molecule has 2 N–H and O–H groups in total. The van der Waals surface area contributed by atoms with Gasteiger partial charge in [-0.05, 0) is 32.1 Å². The Balaban J connectivity index is 3.79. The van der Waals surface area contributed by atoms with Crippen molar-refractivity contribution in [3.8, 4) is 0 Å². The van der Waals surface area contributed by atoms with Crippen molar-refractivity contribution in [2.45, 2.75) is 65.2 Å². The second kappa shape index (κ2) is 18.2. The number of unbranched alkanes of at least 4 members (excludes halogenated alkanes) is 4. The van der Waals surface area contributed by atoms with Crippen LogP contribution in [-0.2, 0) is 4.79 Å². The van der Waals surface area contributed by atoms with Gasteiger partial charge in [0.15, 0.2) is 0 Å². The van der Waals surface area contributed by atoms with Gasteiger partial charge >= 0.3 is 0 Å². The molecule has 0 unspecified atom stereocenters. The molecule has 0 heterocycles. The van der Waals surface area contributed by atoms with E-state index in [0.29, 0.717) is 19.5 Å². The Kier molecular flexibility index (Phi) is 17.4. The molecule has 1 amide bonds. The first-order chi connectivity index (χ1) is 11.7. The van der Waals surface area contributed by atoms with E-state index in [1.54, 1.807) is 0 Å². The van der Waals surface area contributed by atoms with Crippen molar-refractivity contribution < 1.29 is 9.90 Å². The van der Waals surface area contributed by atoms with Gasteiger partial charge < -0.3 is 10.4 Å². The molecule has 0 radical (unpaired) electrons. The summed E-state index contributed by atoms with van der Waals surface area (Å²) in [6.45, 7) is 7.39. The highest BCUT2D eigenvalue weighted by Gasteiger charge is 2.04. The van der Waals surface area contributed by atoms with Gasteiger partial charge in [0.25, 0.3) is 0 Å². The van der Waals surface area contributed by atoms with Crippen LogP contribution in [0.3, 0.4) is 0 Å². The number of nitrogens with one attached hydrogen (secondary N) is 1. The van der Waals surface area contributed by atoms with Crippen LogP contribution in [0.25, 0.3) is 0 Å². The van der Waals surface area contributed by atoms with E-state index in [2.05, 4.69) is 48.4 Å². The zero-order chi connectivity index (χ0) is 17.9. The Morgan fingerprint density at radius 1 is 1.00 bits per heavy atom. The molecule has 24 heavy (non-hydrogen) atoms. The molecular weight excluding hydrogens is 300 g/mol. The van der Waals surface area contributed by atoms with Crippen LogP contribution in [0.1, 0.15) is 65.2 Å². The Bertz CT molecular complexity index is 341. The zero-order valence-electron chi connectivity index (χ0n) is 15.8. The standard InChI is InChI=1S/C20H38N2O2/c1-3-5-7-9-11-13-16-22(18-19-23)17-15-21-20(24)14-12-10-8-6-4-2/h6,8,11,13,23H,3-5,7,9-10,12,14-19H2,1-2H3,(H,21,24)/b8-6+,13-11+. The minimum absolute atomic E-state index is 0.124. The maximum Gasteiger partial charge on any atom is 0.220 e. The number of carbonyl (C=O) groups is 1. The van der Waals surface area contributed by atoms with Crippen LogP contribution in [0.15, 0.2) is 24.3 Å². The van der Waals surface area contributed by atoms with E-state index in [9.17, 15) is 4.79 Å². The number of nitrogens with zero attached hydrogens (tertiary/aromatic N) is 1. The fourth-order valence-corrected chi connectivity index (χ4v) is 2.40. The van der Waals surface area contributed by atoms with Crippen LogP contribution < -0.4 is 5.32 Å². The highest BCUT2D eigenvalue weighted by atomic mass is 16.3. The maximum absolute atomic E-state index is 11.8. The van der Waals surface area contributed by atoms with Crippen molar-refractivity contribution in [1.82, 2.24) is 10.2 Å². The average molecular weight is 339 g/mol. The number of carbonyl (C=O) groups excluding carboxylic acids is 1. The average Bonchev–Trinajstić information content (AvgIpc) is 2.57. The lowest BCUT2D eigenvalue weighted by Crippen LogP contribution is -2.36. The Labute approximate surface area is 149 Å². The molecule has 0 aromatic heterocycles. The van der Waals surface area contributed by atoms with E-state index in [0.717, 1.165) is 38.8 Å². The third kappa shape index (κ3) is 15.8. The molecule has 0 saturated heterocycles. The fourth-order valence-electron chi connectivity index (χ4n) is 2.40. The minimum Gasteiger partial charge on any atom is -0.395 e. The minimum atomic E-state index is 0.124. The summed E-state index contributed by atoms with van der Waals surface area (Å²) in [6, 6.07) is 0. The number of aliphatic hydroxyl groups is 1. The SMILES string of the molecule is CC/C=C/CCCC(=O)NCCN(C/C=C/CCCCC)CCO. The molecule has 0 aromatic carbocycles. The van der Waals surface area contributed by atoms with Crippen LogP contribution >= 0.6 is 0 Å². The highest BCUT2D eigenvalue weighted by Crippen LogP contribution is 2.00. The fraction of sp³-hybridized carbons (Fsp3) is 0.750. The van der Waals surface area contributed by atoms with E-state index in [1.807, 2.05) is 0 Å². The number of aliphatic hydroxyl groups excluding tert-OH is 1. The molecule has 0 rings (SSSR count). The molecule has 0 saturated carbocycles. The molecule has 0 aliphatic heterocycles. The highest BCUT2D eigenvalue weighted by molar-refractivity contribution is 5.75. The van der Waals surface area contributed by atoms with E-state index in [4.69, 9.17) is 5.11 Å². The van der Waals surface area contributed by atoms with E-state index in [-0.39, 0.29) is 12.5 Å². The smallest absolute Gasteiger partial charge is 0.220 e. The van der Waals surface area contributed by atoms with Gasteiger partial charge in [-0.2, -0.15) is 0 Å². The Morgan fingerprint density at radius 2 is 1.75 bits per heavy atom. The molecule has 0 aromatic rings. The Morgan fingerprint density at radius 3 is 2.46 bits per heavy atom. The number of hydrogen-bond donors (Lipinski definition) is 2. The lowest BCUT2D eigenvalue weighted by molar-refractivity contribution is -0.121. The molecular formula is C20H38N2O2. The number of hydrogen-bond acceptors (Lipinski definition) is 3. The van der Waals surface area contributed by atoms with Crippen LogP contribution in [0, 0.1) is 0 Å². The predicted octanol–water partition coefficient (Wildman–Crippen LogP) is 3.67. The molecule has 0 bridgehead atoms. The normalized spacial score (nSPS) is 11.8. The second-order valence-corrected chi connectivity index (χ2v) is 6.11. The van der Waals surface area contributed by atoms with Crippen LogP contribution in [-0.4, -0.2) is 48.7 Å². The summed E-state index contributed by atoms with van der Waals surface area (Å²) < 4.78 is 0. The summed E-state index contributed by atoms with van der Waals surface area (Å²) in [5.74, 6) is 0.124. The van der Waals surface area contributed by atoms with E-state index < -0.39 is 0 Å². The van der Waals surface area contributed by atoms with Crippen LogP contribution in [0.4, 0.5) is 0 Å². The maximum atomic E-state index is 11.8. The Hall–Kier alpha value is -1.13. The zero-order valence-corrected chi connectivity index (χ0v) is 15.8. The summed E-state index contributed by atoms with van der Waals surface area (Å²) in [4.78, 5) is 13.9. The molecule has 0 atom stereocenters. The topological polar surface area (TPSA) is 52.6 Å². The van der Waals surface area contributed by atoms with Gasteiger partial charge in [0, 0.05) is 32.6 Å². The van der Waals surface area contributed by atoms with Crippen molar-refractivity contribution in [2.24, 2.45) is 0 Å². The van der Waals surface area contributed by atoms with Crippen LogP contribution in [0.5, 0.6) is 0 Å².